The quantitative estimate of drug-likeness (QED) is 0.914. The third-order valence-corrected chi connectivity index (χ3v) is 5.20. The zero-order chi connectivity index (χ0) is 14.8. The highest BCUT2D eigenvalue weighted by atomic mass is 16.5. The van der Waals surface area contributed by atoms with Gasteiger partial charge >= 0.3 is 0 Å². The Morgan fingerprint density at radius 2 is 1.86 bits per heavy atom. The molecule has 3 heteroatoms. The van der Waals surface area contributed by atoms with Crippen LogP contribution < -0.4 is 14.8 Å². The lowest BCUT2D eigenvalue weighted by Crippen LogP contribution is -2.34. The summed E-state index contributed by atoms with van der Waals surface area (Å²) in [7, 11) is 0. The molecule has 4 unspecified atom stereocenters. The molecule has 116 valence electrons. The second-order valence-corrected chi connectivity index (χ2v) is 6.67. The van der Waals surface area contributed by atoms with E-state index in [1.54, 1.807) is 0 Å². The minimum Gasteiger partial charge on any atom is -0.490 e. The van der Waals surface area contributed by atoms with Gasteiger partial charge in [0.1, 0.15) is 0 Å². The van der Waals surface area contributed by atoms with E-state index in [1.165, 1.54) is 18.4 Å². The molecule has 0 radical (unpaired) electrons. The van der Waals surface area contributed by atoms with E-state index in [0.29, 0.717) is 12.1 Å². The van der Waals surface area contributed by atoms with Crippen LogP contribution in [0.25, 0.3) is 0 Å². The Balaban J connectivity index is 1.70. The summed E-state index contributed by atoms with van der Waals surface area (Å²) < 4.78 is 11.5. The fourth-order valence-electron chi connectivity index (χ4n) is 3.47. The number of hydrogen-bond acceptors (Lipinski definition) is 3. The van der Waals surface area contributed by atoms with E-state index >= 15 is 0 Å². The molecule has 21 heavy (non-hydrogen) atoms. The van der Waals surface area contributed by atoms with Crippen LogP contribution >= 0.6 is 0 Å². The monoisotopic (exact) mass is 289 g/mol. The fourth-order valence-corrected chi connectivity index (χ4v) is 3.47. The van der Waals surface area contributed by atoms with Crippen molar-refractivity contribution in [2.24, 2.45) is 11.8 Å². The van der Waals surface area contributed by atoms with Crippen molar-refractivity contribution in [3.05, 3.63) is 23.8 Å². The lowest BCUT2D eigenvalue weighted by atomic mass is 9.96. The van der Waals surface area contributed by atoms with Crippen molar-refractivity contribution < 1.29 is 9.47 Å². The van der Waals surface area contributed by atoms with Gasteiger partial charge in [-0.15, -0.1) is 0 Å². The Kier molecular flexibility index (Phi) is 4.39. The highest BCUT2D eigenvalue weighted by Gasteiger charge is 2.30. The molecule has 0 amide bonds. The third kappa shape index (κ3) is 3.18. The van der Waals surface area contributed by atoms with Crippen molar-refractivity contribution in [2.45, 2.75) is 52.1 Å². The fraction of sp³-hybridized carbons (Fsp3) is 0.667. The topological polar surface area (TPSA) is 30.5 Å². The molecule has 1 heterocycles. The lowest BCUT2D eigenvalue weighted by molar-refractivity contribution is 0.296. The van der Waals surface area contributed by atoms with Gasteiger partial charge in [-0.1, -0.05) is 19.9 Å². The zero-order valence-corrected chi connectivity index (χ0v) is 13.4. The second-order valence-electron chi connectivity index (χ2n) is 6.67. The van der Waals surface area contributed by atoms with Crippen LogP contribution in [-0.2, 0) is 0 Å². The first kappa shape index (κ1) is 14.7. The number of ether oxygens (including phenoxy) is 2. The first-order chi connectivity index (χ1) is 10.1. The van der Waals surface area contributed by atoms with Gasteiger partial charge in [0.2, 0.25) is 0 Å². The van der Waals surface area contributed by atoms with Crippen LogP contribution in [0.5, 0.6) is 11.5 Å². The average Bonchev–Trinajstić information content (AvgIpc) is 2.71. The van der Waals surface area contributed by atoms with Crippen molar-refractivity contribution in [1.29, 1.82) is 0 Å². The number of benzene rings is 1. The SMILES string of the molecule is CC(NC1CCC(C)C1C)c1ccc2c(c1)OCCCO2. The molecule has 4 atom stereocenters. The Morgan fingerprint density at radius 1 is 1.10 bits per heavy atom. The maximum absolute atomic E-state index is 5.79. The van der Waals surface area contributed by atoms with Gasteiger partial charge in [-0.2, -0.15) is 0 Å². The lowest BCUT2D eigenvalue weighted by Gasteiger charge is -2.25. The van der Waals surface area contributed by atoms with E-state index in [-0.39, 0.29) is 0 Å². The molecule has 1 aliphatic carbocycles. The first-order valence-electron chi connectivity index (χ1n) is 8.30. The summed E-state index contributed by atoms with van der Waals surface area (Å²) in [5, 5.41) is 3.80. The highest BCUT2D eigenvalue weighted by molar-refractivity contribution is 5.44. The summed E-state index contributed by atoms with van der Waals surface area (Å²) >= 11 is 0. The predicted octanol–water partition coefficient (Wildman–Crippen LogP) is 3.93. The maximum Gasteiger partial charge on any atom is 0.161 e. The third-order valence-electron chi connectivity index (χ3n) is 5.20. The largest absolute Gasteiger partial charge is 0.490 e. The molecule has 1 saturated carbocycles. The Labute approximate surface area is 128 Å². The molecular formula is C18H27NO2. The standard InChI is InChI=1S/C18H27NO2/c1-12-5-7-16(13(12)2)19-14(3)15-6-8-17-18(11-15)21-10-4-9-20-17/h6,8,11-14,16,19H,4-5,7,9-10H2,1-3H3. The molecule has 0 spiro atoms. The molecule has 1 fully saturated rings. The second kappa shape index (κ2) is 6.27. The summed E-state index contributed by atoms with van der Waals surface area (Å²) in [4.78, 5) is 0. The van der Waals surface area contributed by atoms with E-state index in [2.05, 4.69) is 44.3 Å². The summed E-state index contributed by atoms with van der Waals surface area (Å²) in [6.45, 7) is 8.47. The summed E-state index contributed by atoms with van der Waals surface area (Å²) in [6.07, 6.45) is 3.58. The molecule has 3 rings (SSSR count). The van der Waals surface area contributed by atoms with Gasteiger partial charge in [0.15, 0.2) is 11.5 Å². The van der Waals surface area contributed by atoms with Crippen LogP contribution in [0.2, 0.25) is 0 Å². The van der Waals surface area contributed by atoms with Crippen LogP contribution in [0.15, 0.2) is 18.2 Å². The number of rotatable bonds is 3. The van der Waals surface area contributed by atoms with Crippen LogP contribution in [0.4, 0.5) is 0 Å². The molecular weight excluding hydrogens is 262 g/mol. The molecule has 3 nitrogen and oxygen atoms in total. The van der Waals surface area contributed by atoms with Gasteiger partial charge in [-0.25, -0.2) is 0 Å². The first-order valence-corrected chi connectivity index (χ1v) is 8.30. The van der Waals surface area contributed by atoms with Gasteiger partial charge < -0.3 is 14.8 Å². The van der Waals surface area contributed by atoms with Gasteiger partial charge in [-0.05, 0) is 49.3 Å². The summed E-state index contributed by atoms with van der Waals surface area (Å²) in [5.41, 5.74) is 1.28. The van der Waals surface area contributed by atoms with Crippen molar-refractivity contribution in [2.75, 3.05) is 13.2 Å². The van der Waals surface area contributed by atoms with Crippen LogP contribution in [0.1, 0.15) is 51.6 Å². The van der Waals surface area contributed by atoms with Crippen molar-refractivity contribution in [1.82, 2.24) is 5.32 Å². The molecule has 2 aliphatic rings. The molecule has 1 N–H and O–H groups in total. The Bertz CT molecular complexity index is 488. The Hall–Kier alpha value is -1.22. The Morgan fingerprint density at radius 3 is 2.57 bits per heavy atom. The smallest absolute Gasteiger partial charge is 0.161 e. The number of nitrogens with one attached hydrogen (secondary N) is 1. The molecule has 0 aromatic heterocycles. The van der Waals surface area contributed by atoms with Crippen LogP contribution in [0.3, 0.4) is 0 Å². The van der Waals surface area contributed by atoms with Gasteiger partial charge in [0.05, 0.1) is 13.2 Å². The number of fused-ring (bicyclic) bond motifs is 1. The van der Waals surface area contributed by atoms with Crippen LogP contribution in [0, 0.1) is 11.8 Å². The highest BCUT2D eigenvalue weighted by Crippen LogP contribution is 2.35. The van der Waals surface area contributed by atoms with E-state index in [4.69, 9.17) is 9.47 Å². The van der Waals surface area contributed by atoms with Gasteiger partial charge in [0, 0.05) is 18.5 Å². The summed E-state index contributed by atoms with van der Waals surface area (Å²) in [5.74, 6) is 3.36. The van der Waals surface area contributed by atoms with Crippen molar-refractivity contribution in [3.63, 3.8) is 0 Å². The molecule has 0 bridgehead atoms. The van der Waals surface area contributed by atoms with E-state index in [1.807, 2.05) is 0 Å². The minimum atomic E-state index is 0.347. The van der Waals surface area contributed by atoms with Gasteiger partial charge in [0.25, 0.3) is 0 Å². The van der Waals surface area contributed by atoms with Crippen molar-refractivity contribution >= 4 is 0 Å². The van der Waals surface area contributed by atoms with Crippen LogP contribution in [-0.4, -0.2) is 19.3 Å². The van der Waals surface area contributed by atoms with E-state index < -0.39 is 0 Å². The van der Waals surface area contributed by atoms with Crippen molar-refractivity contribution in [3.8, 4) is 11.5 Å². The summed E-state index contributed by atoms with van der Waals surface area (Å²) in [6, 6.07) is 7.33. The molecule has 1 aromatic rings. The average molecular weight is 289 g/mol. The number of hydrogen-bond donors (Lipinski definition) is 1. The zero-order valence-electron chi connectivity index (χ0n) is 13.4. The van der Waals surface area contributed by atoms with Gasteiger partial charge in [-0.3, -0.25) is 0 Å². The normalized spacial score (nSPS) is 30.0. The van der Waals surface area contributed by atoms with E-state index in [9.17, 15) is 0 Å². The molecule has 0 saturated heterocycles. The van der Waals surface area contributed by atoms with E-state index in [0.717, 1.165) is 43.0 Å². The molecule has 1 aliphatic heterocycles. The maximum atomic E-state index is 5.79. The molecule has 1 aromatic carbocycles. The minimum absolute atomic E-state index is 0.347. The predicted molar refractivity (Wildman–Crippen MR) is 84.9 cm³/mol.